The molecule has 0 unspecified atom stereocenters. The Kier molecular flexibility index (Phi) is 5.12. The van der Waals surface area contributed by atoms with Crippen molar-refractivity contribution in [1.29, 1.82) is 0 Å². The van der Waals surface area contributed by atoms with Gasteiger partial charge in [0.25, 0.3) is 0 Å². The zero-order valence-electron chi connectivity index (χ0n) is 11.4. The first kappa shape index (κ1) is 13.8. The largest absolute Gasteiger partial charge is 0.384 e. The molecule has 0 saturated heterocycles. The van der Waals surface area contributed by atoms with Crippen LogP contribution >= 0.6 is 0 Å². The van der Waals surface area contributed by atoms with Crippen molar-refractivity contribution < 1.29 is 4.74 Å². The van der Waals surface area contributed by atoms with Gasteiger partial charge in [0.1, 0.15) is 0 Å². The van der Waals surface area contributed by atoms with Gasteiger partial charge in [-0.05, 0) is 25.5 Å². The van der Waals surface area contributed by atoms with Gasteiger partial charge in [-0.1, -0.05) is 18.2 Å². The van der Waals surface area contributed by atoms with Gasteiger partial charge >= 0.3 is 0 Å². The van der Waals surface area contributed by atoms with Crippen molar-refractivity contribution in [2.75, 3.05) is 31.6 Å². The molecule has 4 heteroatoms. The lowest BCUT2D eigenvalue weighted by molar-refractivity contribution is 0.141. The Labute approximate surface area is 114 Å². The molecule has 19 heavy (non-hydrogen) atoms. The molecular weight excluding hydrogens is 238 g/mol. The lowest BCUT2D eigenvalue weighted by atomic mass is 10.1. The minimum atomic E-state index is 0.585. The number of fused-ring (bicyclic) bond motifs is 1. The predicted octanol–water partition coefficient (Wildman–Crippen LogP) is 2.32. The van der Waals surface area contributed by atoms with Crippen molar-refractivity contribution in [3.8, 4) is 0 Å². The highest BCUT2D eigenvalue weighted by Gasteiger charge is 2.02. The standard InChI is InChI=1S/C15H21N3O/c1-12-11-15(17-8-4-9-19-10-7-16)13-5-2-3-6-14(13)18-12/h2-3,5-6,11H,4,7-10,16H2,1H3,(H,17,18). The third-order valence-corrected chi connectivity index (χ3v) is 2.89. The Bertz CT molecular complexity index is 528. The maximum Gasteiger partial charge on any atom is 0.0725 e. The fourth-order valence-electron chi connectivity index (χ4n) is 2.04. The number of pyridine rings is 1. The quantitative estimate of drug-likeness (QED) is 0.749. The lowest BCUT2D eigenvalue weighted by Gasteiger charge is -2.10. The maximum absolute atomic E-state index is 5.37. The third-order valence-electron chi connectivity index (χ3n) is 2.89. The molecule has 0 radical (unpaired) electrons. The number of nitrogens with two attached hydrogens (primary N) is 1. The van der Waals surface area contributed by atoms with Gasteiger partial charge in [0.2, 0.25) is 0 Å². The summed E-state index contributed by atoms with van der Waals surface area (Å²) in [6.07, 6.45) is 0.968. The summed E-state index contributed by atoms with van der Waals surface area (Å²) in [6.45, 7) is 4.87. The van der Waals surface area contributed by atoms with E-state index in [2.05, 4.69) is 22.4 Å². The molecule has 0 aliphatic heterocycles. The highest BCUT2D eigenvalue weighted by Crippen LogP contribution is 2.22. The Morgan fingerprint density at radius 2 is 2.11 bits per heavy atom. The molecule has 0 spiro atoms. The molecule has 2 aromatic rings. The van der Waals surface area contributed by atoms with Crippen LogP contribution in [0.15, 0.2) is 30.3 Å². The van der Waals surface area contributed by atoms with E-state index >= 15 is 0 Å². The van der Waals surface area contributed by atoms with Crippen molar-refractivity contribution in [3.63, 3.8) is 0 Å². The molecule has 2 rings (SSSR count). The summed E-state index contributed by atoms with van der Waals surface area (Å²) in [6, 6.07) is 10.3. The summed E-state index contributed by atoms with van der Waals surface area (Å²) in [7, 11) is 0. The summed E-state index contributed by atoms with van der Waals surface area (Å²) in [5.74, 6) is 0. The van der Waals surface area contributed by atoms with Crippen LogP contribution in [0, 0.1) is 6.92 Å². The van der Waals surface area contributed by atoms with Gasteiger partial charge in [-0.15, -0.1) is 0 Å². The van der Waals surface area contributed by atoms with Crippen LogP contribution < -0.4 is 11.1 Å². The number of benzene rings is 1. The zero-order valence-corrected chi connectivity index (χ0v) is 11.4. The van der Waals surface area contributed by atoms with Gasteiger partial charge in [-0.2, -0.15) is 0 Å². The number of hydrogen-bond acceptors (Lipinski definition) is 4. The number of para-hydroxylation sites is 1. The van der Waals surface area contributed by atoms with E-state index in [1.807, 2.05) is 25.1 Å². The Morgan fingerprint density at radius 1 is 1.26 bits per heavy atom. The zero-order chi connectivity index (χ0) is 13.5. The second kappa shape index (κ2) is 7.07. The van der Waals surface area contributed by atoms with Gasteiger partial charge < -0.3 is 15.8 Å². The minimum Gasteiger partial charge on any atom is -0.384 e. The molecule has 1 aromatic carbocycles. The van der Waals surface area contributed by atoms with Crippen LogP contribution in [-0.2, 0) is 4.74 Å². The van der Waals surface area contributed by atoms with E-state index in [-0.39, 0.29) is 0 Å². The fraction of sp³-hybridized carbons (Fsp3) is 0.400. The molecule has 0 bridgehead atoms. The maximum atomic E-state index is 5.37. The van der Waals surface area contributed by atoms with E-state index in [0.717, 1.165) is 41.9 Å². The molecule has 0 saturated carbocycles. The number of aromatic nitrogens is 1. The monoisotopic (exact) mass is 259 g/mol. The highest BCUT2D eigenvalue weighted by atomic mass is 16.5. The van der Waals surface area contributed by atoms with Gasteiger partial charge in [-0.3, -0.25) is 4.98 Å². The van der Waals surface area contributed by atoms with Crippen molar-refractivity contribution in [2.24, 2.45) is 5.73 Å². The lowest BCUT2D eigenvalue weighted by Crippen LogP contribution is -2.11. The molecule has 1 heterocycles. The number of rotatable bonds is 7. The topological polar surface area (TPSA) is 60.2 Å². The van der Waals surface area contributed by atoms with E-state index in [1.54, 1.807) is 0 Å². The van der Waals surface area contributed by atoms with E-state index in [4.69, 9.17) is 10.5 Å². The van der Waals surface area contributed by atoms with E-state index < -0.39 is 0 Å². The van der Waals surface area contributed by atoms with Crippen LogP contribution in [0.3, 0.4) is 0 Å². The van der Waals surface area contributed by atoms with Gasteiger partial charge in [0, 0.05) is 36.5 Å². The van der Waals surface area contributed by atoms with Crippen LogP contribution in [0.5, 0.6) is 0 Å². The van der Waals surface area contributed by atoms with Crippen LogP contribution in [0.4, 0.5) is 5.69 Å². The number of nitrogens with one attached hydrogen (secondary N) is 1. The second-order valence-corrected chi connectivity index (χ2v) is 4.51. The molecule has 4 nitrogen and oxygen atoms in total. The first-order chi connectivity index (χ1) is 9.31. The van der Waals surface area contributed by atoms with Crippen molar-refractivity contribution >= 4 is 16.6 Å². The molecule has 0 atom stereocenters. The molecule has 1 aromatic heterocycles. The summed E-state index contributed by atoms with van der Waals surface area (Å²) in [4.78, 5) is 4.53. The summed E-state index contributed by atoms with van der Waals surface area (Å²) < 4.78 is 5.35. The first-order valence-electron chi connectivity index (χ1n) is 6.69. The van der Waals surface area contributed by atoms with Crippen molar-refractivity contribution in [3.05, 3.63) is 36.0 Å². The normalized spacial score (nSPS) is 10.8. The minimum absolute atomic E-state index is 0.585. The Balaban J connectivity index is 1.96. The van der Waals surface area contributed by atoms with Crippen LogP contribution in [-0.4, -0.2) is 31.3 Å². The smallest absolute Gasteiger partial charge is 0.0725 e. The summed E-state index contributed by atoms with van der Waals surface area (Å²) in [5.41, 5.74) is 8.57. The number of hydrogen-bond donors (Lipinski definition) is 2. The van der Waals surface area contributed by atoms with Crippen LogP contribution in [0.25, 0.3) is 10.9 Å². The van der Waals surface area contributed by atoms with E-state index in [9.17, 15) is 0 Å². The van der Waals surface area contributed by atoms with Gasteiger partial charge in [-0.25, -0.2) is 0 Å². The second-order valence-electron chi connectivity index (χ2n) is 4.51. The fourth-order valence-corrected chi connectivity index (χ4v) is 2.04. The SMILES string of the molecule is Cc1cc(NCCCOCCN)c2ccccc2n1. The molecule has 0 aliphatic rings. The molecule has 102 valence electrons. The number of nitrogens with zero attached hydrogens (tertiary/aromatic N) is 1. The van der Waals surface area contributed by atoms with Gasteiger partial charge in [0.15, 0.2) is 0 Å². The first-order valence-corrected chi connectivity index (χ1v) is 6.69. The van der Waals surface area contributed by atoms with Crippen molar-refractivity contribution in [1.82, 2.24) is 4.98 Å². The molecular formula is C15H21N3O. The third kappa shape index (κ3) is 3.91. The van der Waals surface area contributed by atoms with Crippen molar-refractivity contribution in [2.45, 2.75) is 13.3 Å². The van der Waals surface area contributed by atoms with E-state index in [0.29, 0.717) is 13.2 Å². The van der Waals surface area contributed by atoms with E-state index in [1.165, 1.54) is 0 Å². The average Bonchev–Trinajstić information content (AvgIpc) is 2.42. The summed E-state index contributed by atoms with van der Waals surface area (Å²) >= 11 is 0. The van der Waals surface area contributed by atoms with Crippen LogP contribution in [0.2, 0.25) is 0 Å². The number of ether oxygens (including phenoxy) is 1. The average molecular weight is 259 g/mol. The van der Waals surface area contributed by atoms with Gasteiger partial charge in [0.05, 0.1) is 12.1 Å². The molecule has 3 N–H and O–H groups in total. The summed E-state index contributed by atoms with van der Waals surface area (Å²) in [5, 5.41) is 4.62. The molecule has 0 aliphatic carbocycles. The number of anilines is 1. The number of aryl methyl sites for hydroxylation is 1. The predicted molar refractivity (Wildman–Crippen MR) is 79.5 cm³/mol. The molecule has 0 amide bonds. The molecule has 0 fully saturated rings. The van der Waals surface area contributed by atoms with Crippen LogP contribution in [0.1, 0.15) is 12.1 Å². The Hall–Kier alpha value is -1.65. The highest BCUT2D eigenvalue weighted by molar-refractivity contribution is 5.91. The Morgan fingerprint density at radius 3 is 2.95 bits per heavy atom.